The maximum absolute atomic E-state index is 13.1. The van der Waals surface area contributed by atoms with Crippen molar-refractivity contribution in [3.63, 3.8) is 0 Å². The number of thiophene rings is 1. The molecule has 152 valence electrons. The standard InChI is InChI=1S/C20H21N3O4S2/c24-19-8-5-14-11-17(6-7-18(14)22-19)29(26,27)23-9-1-3-15(13-23)20(25)21-12-16-4-2-10-28-16/h2,4-8,10-11,15H,1,3,9,12-13H2,(H,21,25)(H,22,24)/t15-/m1/s1. The van der Waals surface area contributed by atoms with Crippen LogP contribution in [0.2, 0.25) is 0 Å². The number of hydrogen-bond donors (Lipinski definition) is 2. The summed E-state index contributed by atoms with van der Waals surface area (Å²) in [5.74, 6) is -0.482. The van der Waals surface area contributed by atoms with Gasteiger partial charge in [0.1, 0.15) is 0 Å². The summed E-state index contributed by atoms with van der Waals surface area (Å²) >= 11 is 1.57. The first-order valence-corrected chi connectivity index (χ1v) is 11.7. The number of rotatable bonds is 5. The quantitative estimate of drug-likeness (QED) is 0.648. The van der Waals surface area contributed by atoms with Gasteiger partial charge >= 0.3 is 0 Å². The molecule has 3 aromatic rings. The van der Waals surface area contributed by atoms with Crippen LogP contribution < -0.4 is 10.9 Å². The Kier molecular flexibility index (Phi) is 5.53. The average molecular weight is 432 g/mol. The van der Waals surface area contributed by atoms with Crippen LogP contribution in [0, 0.1) is 5.92 Å². The summed E-state index contributed by atoms with van der Waals surface area (Å²) < 4.78 is 27.7. The van der Waals surface area contributed by atoms with Gasteiger partial charge < -0.3 is 10.3 Å². The number of nitrogens with zero attached hydrogens (tertiary/aromatic N) is 1. The topological polar surface area (TPSA) is 99.3 Å². The maximum atomic E-state index is 13.1. The Morgan fingerprint density at radius 3 is 2.90 bits per heavy atom. The molecule has 1 atom stereocenters. The van der Waals surface area contributed by atoms with Crippen molar-refractivity contribution in [2.45, 2.75) is 24.3 Å². The number of aromatic nitrogens is 1. The van der Waals surface area contributed by atoms with Gasteiger partial charge in [-0.3, -0.25) is 9.59 Å². The van der Waals surface area contributed by atoms with E-state index in [0.717, 1.165) is 4.88 Å². The summed E-state index contributed by atoms with van der Waals surface area (Å²) in [7, 11) is -3.72. The molecule has 0 bridgehead atoms. The highest BCUT2D eigenvalue weighted by Crippen LogP contribution is 2.26. The van der Waals surface area contributed by atoms with E-state index >= 15 is 0 Å². The van der Waals surface area contributed by atoms with E-state index in [2.05, 4.69) is 10.3 Å². The predicted octanol–water partition coefficient (Wildman–Crippen LogP) is 2.31. The number of hydrogen-bond acceptors (Lipinski definition) is 5. The number of fused-ring (bicyclic) bond motifs is 1. The fourth-order valence-electron chi connectivity index (χ4n) is 3.55. The molecule has 9 heteroatoms. The van der Waals surface area contributed by atoms with E-state index in [4.69, 9.17) is 0 Å². The van der Waals surface area contributed by atoms with Crippen molar-refractivity contribution in [2.24, 2.45) is 5.92 Å². The molecule has 1 aromatic carbocycles. The van der Waals surface area contributed by atoms with Crippen LogP contribution in [0.25, 0.3) is 10.9 Å². The lowest BCUT2D eigenvalue weighted by Crippen LogP contribution is -2.45. The zero-order chi connectivity index (χ0) is 20.4. The number of piperidine rings is 1. The number of benzene rings is 1. The number of carbonyl (C=O) groups excluding carboxylic acids is 1. The Bertz CT molecular complexity index is 1190. The highest BCUT2D eigenvalue weighted by atomic mass is 32.2. The molecule has 2 N–H and O–H groups in total. The molecular weight excluding hydrogens is 410 g/mol. The molecule has 1 amide bonds. The summed E-state index contributed by atoms with van der Waals surface area (Å²) in [6.07, 6.45) is 1.30. The van der Waals surface area contributed by atoms with Gasteiger partial charge in [-0.1, -0.05) is 6.07 Å². The summed E-state index contributed by atoms with van der Waals surface area (Å²) in [6.45, 7) is 1.02. The first-order valence-electron chi connectivity index (χ1n) is 9.37. The lowest BCUT2D eigenvalue weighted by atomic mass is 9.99. The van der Waals surface area contributed by atoms with Crippen molar-refractivity contribution in [3.8, 4) is 0 Å². The van der Waals surface area contributed by atoms with E-state index < -0.39 is 10.0 Å². The maximum Gasteiger partial charge on any atom is 0.248 e. The highest BCUT2D eigenvalue weighted by molar-refractivity contribution is 7.89. The van der Waals surface area contributed by atoms with Gasteiger partial charge in [0.2, 0.25) is 21.5 Å². The van der Waals surface area contributed by atoms with Gasteiger partial charge in [-0.25, -0.2) is 8.42 Å². The minimum Gasteiger partial charge on any atom is -0.351 e. The molecule has 1 fully saturated rings. The molecule has 0 saturated carbocycles. The van der Waals surface area contributed by atoms with Crippen molar-refractivity contribution in [1.29, 1.82) is 0 Å². The fourth-order valence-corrected chi connectivity index (χ4v) is 5.75. The SMILES string of the molecule is O=C(NCc1cccs1)[C@@H]1CCCN(S(=O)(=O)c2ccc3[nH]c(=O)ccc3c2)C1. The molecule has 7 nitrogen and oxygen atoms in total. The van der Waals surface area contributed by atoms with Gasteiger partial charge in [0.05, 0.1) is 17.4 Å². The van der Waals surface area contributed by atoms with E-state index in [1.165, 1.54) is 16.4 Å². The second kappa shape index (κ2) is 8.10. The third-order valence-corrected chi connectivity index (χ3v) is 7.84. The molecule has 2 aromatic heterocycles. The van der Waals surface area contributed by atoms with Crippen molar-refractivity contribution < 1.29 is 13.2 Å². The van der Waals surface area contributed by atoms with Crippen LogP contribution in [0.5, 0.6) is 0 Å². The number of amides is 1. The molecule has 29 heavy (non-hydrogen) atoms. The van der Waals surface area contributed by atoms with Crippen molar-refractivity contribution in [2.75, 3.05) is 13.1 Å². The Morgan fingerprint density at radius 2 is 2.10 bits per heavy atom. The van der Waals surface area contributed by atoms with Crippen LogP contribution in [-0.4, -0.2) is 36.7 Å². The minimum absolute atomic E-state index is 0.116. The minimum atomic E-state index is -3.72. The summed E-state index contributed by atoms with van der Waals surface area (Å²) in [4.78, 5) is 27.9. The van der Waals surface area contributed by atoms with Gasteiger partial charge in [-0.2, -0.15) is 4.31 Å². The molecule has 3 heterocycles. The molecule has 0 radical (unpaired) electrons. The van der Waals surface area contributed by atoms with Crippen LogP contribution in [-0.2, 0) is 21.4 Å². The number of H-pyrrole nitrogens is 1. The van der Waals surface area contributed by atoms with E-state index in [9.17, 15) is 18.0 Å². The first kappa shape index (κ1) is 19.8. The van der Waals surface area contributed by atoms with Gasteiger partial charge in [0, 0.05) is 29.5 Å². The second-order valence-corrected chi connectivity index (χ2v) is 10.0. The smallest absolute Gasteiger partial charge is 0.248 e. The van der Waals surface area contributed by atoms with E-state index in [1.807, 2.05) is 17.5 Å². The first-order chi connectivity index (χ1) is 13.9. The lowest BCUT2D eigenvalue weighted by molar-refractivity contribution is -0.126. The largest absolute Gasteiger partial charge is 0.351 e. The van der Waals surface area contributed by atoms with Crippen LogP contribution in [0.4, 0.5) is 0 Å². The van der Waals surface area contributed by atoms with Crippen LogP contribution in [0.3, 0.4) is 0 Å². The normalized spacial score (nSPS) is 18.0. The van der Waals surface area contributed by atoms with E-state index in [-0.39, 0.29) is 28.8 Å². The molecule has 0 spiro atoms. The van der Waals surface area contributed by atoms with Crippen LogP contribution >= 0.6 is 11.3 Å². The van der Waals surface area contributed by atoms with Crippen molar-refractivity contribution >= 4 is 38.2 Å². The number of pyridine rings is 1. The van der Waals surface area contributed by atoms with Crippen molar-refractivity contribution in [1.82, 2.24) is 14.6 Å². The van der Waals surface area contributed by atoms with Gasteiger partial charge in [0.25, 0.3) is 0 Å². The average Bonchev–Trinajstić information content (AvgIpc) is 3.25. The summed E-state index contributed by atoms with van der Waals surface area (Å²) in [5, 5.41) is 5.51. The predicted molar refractivity (Wildman–Crippen MR) is 112 cm³/mol. The molecular formula is C20H21N3O4S2. The monoisotopic (exact) mass is 431 g/mol. The molecule has 1 aliphatic rings. The number of sulfonamides is 1. The Labute approximate surface area is 172 Å². The number of nitrogens with one attached hydrogen (secondary N) is 2. The highest BCUT2D eigenvalue weighted by Gasteiger charge is 2.33. The zero-order valence-electron chi connectivity index (χ0n) is 15.6. The summed E-state index contributed by atoms with van der Waals surface area (Å²) in [5.41, 5.74) is 0.349. The van der Waals surface area contributed by atoms with Gasteiger partial charge in [-0.05, 0) is 53.9 Å². The Balaban J connectivity index is 1.50. The second-order valence-electron chi connectivity index (χ2n) is 7.07. The van der Waals surface area contributed by atoms with E-state index in [0.29, 0.717) is 36.8 Å². The molecule has 0 aliphatic carbocycles. The summed E-state index contributed by atoms with van der Waals surface area (Å²) in [6, 6.07) is 11.5. The van der Waals surface area contributed by atoms with Gasteiger partial charge in [-0.15, -0.1) is 11.3 Å². The fraction of sp³-hybridized carbons (Fsp3) is 0.300. The third-order valence-electron chi connectivity index (χ3n) is 5.10. The number of aromatic amines is 1. The molecule has 4 rings (SSSR count). The van der Waals surface area contributed by atoms with Crippen LogP contribution in [0.1, 0.15) is 17.7 Å². The van der Waals surface area contributed by atoms with Crippen LogP contribution in [0.15, 0.2) is 57.5 Å². The number of carbonyl (C=O) groups is 1. The lowest BCUT2D eigenvalue weighted by Gasteiger charge is -2.31. The molecule has 1 aliphatic heterocycles. The van der Waals surface area contributed by atoms with Crippen molar-refractivity contribution in [3.05, 3.63) is 63.1 Å². The zero-order valence-corrected chi connectivity index (χ0v) is 17.3. The molecule has 1 saturated heterocycles. The van der Waals surface area contributed by atoms with E-state index in [1.54, 1.807) is 29.5 Å². The third kappa shape index (κ3) is 4.26. The Hall–Kier alpha value is -2.49. The van der Waals surface area contributed by atoms with Gasteiger partial charge in [0.15, 0.2) is 0 Å². The molecule has 0 unspecified atom stereocenters. The Morgan fingerprint density at radius 1 is 1.24 bits per heavy atom.